The van der Waals surface area contributed by atoms with Gasteiger partial charge in [-0.1, -0.05) is 0 Å². The molecule has 0 amide bonds. The zero-order chi connectivity index (χ0) is 20.1. The molecule has 8 heteroatoms. The van der Waals surface area contributed by atoms with E-state index in [0.29, 0.717) is 23.5 Å². The van der Waals surface area contributed by atoms with Crippen molar-refractivity contribution in [1.29, 1.82) is 5.26 Å². The van der Waals surface area contributed by atoms with Gasteiger partial charge in [-0.3, -0.25) is 0 Å². The molecule has 3 aromatic rings. The molecular weight excluding hydrogens is 364 g/mol. The van der Waals surface area contributed by atoms with Crippen LogP contribution in [0.1, 0.15) is 31.2 Å². The number of hydrogen-bond donors (Lipinski definition) is 3. The Morgan fingerprint density at radius 2 is 1.86 bits per heavy atom. The topological polar surface area (TPSA) is 111 Å². The van der Waals surface area contributed by atoms with Crippen molar-refractivity contribution in [1.82, 2.24) is 19.9 Å². The number of rotatable bonds is 6. The summed E-state index contributed by atoms with van der Waals surface area (Å²) in [6.45, 7) is 0.851. The Kier molecular flexibility index (Phi) is 5.66. The lowest BCUT2D eigenvalue weighted by Gasteiger charge is -2.29. The summed E-state index contributed by atoms with van der Waals surface area (Å²) in [5, 5.41) is 19.9. The summed E-state index contributed by atoms with van der Waals surface area (Å²) >= 11 is 0. The molecule has 8 nitrogen and oxygen atoms in total. The van der Waals surface area contributed by atoms with E-state index in [2.05, 4.69) is 37.0 Å². The molecule has 1 aliphatic carbocycles. The lowest BCUT2D eigenvalue weighted by atomic mass is 9.86. The molecule has 1 fully saturated rings. The number of pyridine rings is 2. The van der Waals surface area contributed by atoms with E-state index < -0.39 is 0 Å². The number of anilines is 3. The second-order valence-corrected chi connectivity index (χ2v) is 7.33. The van der Waals surface area contributed by atoms with Crippen LogP contribution in [0.5, 0.6) is 0 Å². The van der Waals surface area contributed by atoms with Crippen molar-refractivity contribution in [3.05, 3.63) is 42.4 Å². The van der Waals surface area contributed by atoms with Crippen LogP contribution in [0.4, 0.5) is 17.6 Å². The minimum absolute atomic E-state index is 0.428. The zero-order valence-corrected chi connectivity index (χ0v) is 16.4. The maximum absolute atomic E-state index is 8.80. The van der Waals surface area contributed by atoms with E-state index in [9.17, 15) is 0 Å². The fraction of sp³-hybridized carbons (Fsp3) is 0.381. The number of nitrogens with one attached hydrogen (secondary N) is 3. The highest BCUT2D eigenvalue weighted by Crippen LogP contribution is 2.27. The fourth-order valence-corrected chi connectivity index (χ4v) is 3.74. The molecule has 0 bridgehead atoms. The SMILES string of the molecule is CNc1nccc2ccc(NC3CCC(CNc4ncc(C#N)cn4)CC3)nc12. The highest BCUT2D eigenvalue weighted by molar-refractivity contribution is 5.89. The quantitative estimate of drug-likeness (QED) is 0.589. The number of hydrogen-bond acceptors (Lipinski definition) is 8. The van der Waals surface area contributed by atoms with Crippen LogP contribution in [-0.4, -0.2) is 39.6 Å². The molecule has 0 saturated heterocycles. The van der Waals surface area contributed by atoms with Gasteiger partial charge in [0.25, 0.3) is 0 Å². The van der Waals surface area contributed by atoms with Gasteiger partial charge in [0.15, 0.2) is 5.82 Å². The highest BCUT2D eigenvalue weighted by Gasteiger charge is 2.21. The predicted octanol–water partition coefficient (Wildman–Crippen LogP) is 3.42. The van der Waals surface area contributed by atoms with Gasteiger partial charge in [-0.15, -0.1) is 0 Å². The summed E-state index contributed by atoms with van der Waals surface area (Å²) in [7, 11) is 1.86. The second kappa shape index (κ2) is 8.69. The first-order valence-electron chi connectivity index (χ1n) is 9.91. The Bertz CT molecular complexity index is 1000. The van der Waals surface area contributed by atoms with Gasteiger partial charge in [0.05, 0.1) is 18.0 Å². The molecule has 0 radical (unpaired) electrons. The van der Waals surface area contributed by atoms with Crippen LogP contribution in [0.3, 0.4) is 0 Å². The Labute approximate surface area is 169 Å². The lowest BCUT2D eigenvalue weighted by Crippen LogP contribution is -2.29. The van der Waals surface area contributed by atoms with Gasteiger partial charge >= 0.3 is 0 Å². The van der Waals surface area contributed by atoms with Crippen molar-refractivity contribution in [3.63, 3.8) is 0 Å². The minimum Gasteiger partial charge on any atom is -0.371 e. The molecule has 0 aliphatic heterocycles. The standard InChI is InChI=1S/C21H24N8/c1-23-20-19-16(8-9-24-20)4-7-18(29-19)28-17-5-2-14(3-6-17)11-25-21-26-12-15(10-22)13-27-21/h4,7-9,12-14,17H,2-3,5-6,11H2,1H3,(H,23,24)(H,28,29)(H,25,26,27). The van der Waals surface area contributed by atoms with E-state index in [4.69, 9.17) is 10.2 Å². The average Bonchev–Trinajstić information content (AvgIpc) is 2.78. The Hall–Kier alpha value is -3.47. The van der Waals surface area contributed by atoms with E-state index in [1.807, 2.05) is 25.2 Å². The van der Waals surface area contributed by atoms with E-state index in [0.717, 1.165) is 54.8 Å². The zero-order valence-electron chi connectivity index (χ0n) is 16.4. The van der Waals surface area contributed by atoms with E-state index >= 15 is 0 Å². The average molecular weight is 388 g/mol. The fourth-order valence-electron chi connectivity index (χ4n) is 3.74. The van der Waals surface area contributed by atoms with Gasteiger partial charge in [-0.05, 0) is 49.8 Å². The molecule has 4 rings (SSSR count). The van der Waals surface area contributed by atoms with Gasteiger partial charge in [-0.25, -0.2) is 19.9 Å². The van der Waals surface area contributed by atoms with Crippen LogP contribution >= 0.6 is 0 Å². The molecule has 0 unspecified atom stereocenters. The molecule has 148 valence electrons. The molecule has 0 spiro atoms. The number of fused-ring (bicyclic) bond motifs is 1. The highest BCUT2D eigenvalue weighted by atomic mass is 15.1. The summed E-state index contributed by atoms with van der Waals surface area (Å²) in [5.41, 5.74) is 1.36. The second-order valence-electron chi connectivity index (χ2n) is 7.33. The molecule has 3 N–H and O–H groups in total. The maximum atomic E-state index is 8.80. The number of nitrogens with zero attached hydrogens (tertiary/aromatic N) is 5. The predicted molar refractivity (Wildman–Crippen MR) is 114 cm³/mol. The normalized spacial score (nSPS) is 18.8. The maximum Gasteiger partial charge on any atom is 0.222 e. The smallest absolute Gasteiger partial charge is 0.222 e. The number of nitriles is 1. The third-order valence-electron chi connectivity index (χ3n) is 5.37. The van der Waals surface area contributed by atoms with Crippen LogP contribution in [0.25, 0.3) is 10.9 Å². The van der Waals surface area contributed by atoms with Crippen LogP contribution < -0.4 is 16.0 Å². The van der Waals surface area contributed by atoms with Crippen LogP contribution in [-0.2, 0) is 0 Å². The van der Waals surface area contributed by atoms with E-state index in [1.54, 1.807) is 18.6 Å². The molecule has 29 heavy (non-hydrogen) atoms. The Morgan fingerprint density at radius 3 is 2.59 bits per heavy atom. The lowest BCUT2D eigenvalue weighted by molar-refractivity contribution is 0.350. The van der Waals surface area contributed by atoms with Gasteiger partial charge in [-0.2, -0.15) is 5.26 Å². The van der Waals surface area contributed by atoms with Crippen molar-refractivity contribution in [3.8, 4) is 6.07 Å². The first kappa shape index (κ1) is 18.9. The van der Waals surface area contributed by atoms with Crippen molar-refractivity contribution in [2.24, 2.45) is 5.92 Å². The van der Waals surface area contributed by atoms with Crippen LogP contribution in [0.2, 0.25) is 0 Å². The number of aromatic nitrogens is 4. The van der Waals surface area contributed by atoms with E-state index in [-0.39, 0.29) is 0 Å². The molecule has 3 heterocycles. The summed E-state index contributed by atoms with van der Waals surface area (Å²) < 4.78 is 0. The van der Waals surface area contributed by atoms with E-state index in [1.165, 1.54) is 0 Å². The largest absolute Gasteiger partial charge is 0.371 e. The van der Waals surface area contributed by atoms with Crippen molar-refractivity contribution < 1.29 is 0 Å². The summed E-state index contributed by atoms with van der Waals surface area (Å²) in [6, 6.07) is 8.55. The Morgan fingerprint density at radius 1 is 1.07 bits per heavy atom. The van der Waals surface area contributed by atoms with Crippen LogP contribution in [0, 0.1) is 17.2 Å². The van der Waals surface area contributed by atoms with Gasteiger partial charge in [0.1, 0.15) is 17.4 Å². The molecule has 3 aromatic heterocycles. The Balaban J connectivity index is 1.29. The monoisotopic (exact) mass is 388 g/mol. The minimum atomic E-state index is 0.428. The third-order valence-corrected chi connectivity index (χ3v) is 5.37. The molecular formula is C21H24N8. The first-order chi connectivity index (χ1) is 14.2. The molecule has 0 atom stereocenters. The van der Waals surface area contributed by atoms with Gasteiger partial charge < -0.3 is 16.0 Å². The molecule has 0 aromatic carbocycles. The van der Waals surface area contributed by atoms with Gasteiger partial charge in [0.2, 0.25) is 5.95 Å². The summed E-state index contributed by atoms with van der Waals surface area (Å²) in [6.07, 6.45) is 9.36. The van der Waals surface area contributed by atoms with Crippen molar-refractivity contribution >= 4 is 28.5 Å². The third kappa shape index (κ3) is 4.51. The van der Waals surface area contributed by atoms with Crippen LogP contribution in [0.15, 0.2) is 36.8 Å². The van der Waals surface area contributed by atoms with Crippen molar-refractivity contribution in [2.75, 3.05) is 29.5 Å². The summed E-state index contributed by atoms with van der Waals surface area (Å²) in [5.74, 6) is 2.87. The van der Waals surface area contributed by atoms with Crippen molar-refractivity contribution in [2.45, 2.75) is 31.7 Å². The first-order valence-corrected chi connectivity index (χ1v) is 9.91. The van der Waals surface area contributed by atoms with Gasteiger partial charge in [0, 0.05) is 31.2 Å². The molecule has 1 aliphatic rings. The molecule has 1 saturated carbocycles. The summed E-state index contributed by atoms with van der Waals surface area (Å²) in [4.78, 5) is 17.4.